The van der Waals surface area contributed by atoms with Crippen molar-refractivity contribution in [3.8, 4) is 0 Å². The van der Waals surface area contributed by atoms with Gasteiger partial charge in [-0.3, -0.25) is 9.20 Å². The first-order valence-corrected chi connectivity index (χ1v) is 9.92. The first-order valence-electron chi connectivity index (χ1n) is 9.92. The molecule has 1 atom stereocenters. The number of hydrogen-bond acceptors (Lipinski definition) is 5. The van der Waals surface area contributed by atoms with Crippen LogP contribution in [0.4, 0.5) is 9.18 Å². The van der Waals surface area contributed by atoms with Gasteiger partial charge in [0.1, 0.15) is 17.2 Å². The molecule has 1 aliphatic rings. The van der Waals surface area contributed by atoms with E-state index in [4.69, 9.17) is 9.47 Å². The molecule has 8 nitrogen and oxygen atoms in total. The molecule has 0 aliphatic carbocycles. The predicted molar refractivity (Wildman–Crippen MR) is 109 cm³/mol. The third-order valence-corrected chi connectivity index (χ3v) is 4.81. The van der Waals surface area contributed by atoms with Gasteiger partial charge >= 0.3 is 6.09 Å². The molecule has 0 unspecified atom stereocenters. The third-order valence-electron chi connectivity index (χ3n) is 4.81. The van der Waals surface area contributed by atoms with E-state index in [1.54, 1.807) is 52.1 Å². The molecule has 1 saturated heterocycles. The summed E-state index contributed by atoms with van der Waals surface area (Å²) in [6.45, 7) is 11.4. The Hall–Kier alpha value is -2.68. The Balaban J connectivity index is 1.74. The van der Waals surface area contributed by atoms with Crippen LogP contribution in [0, 0.1) is 12.7 Å². The van der Waals surface area contributed by atoms with Gasteiger partial charge in [0.25, 0.3) is 5.91 Å². The lowest BCUT2D eigenvalue weighted by Gasteiger charge is -2.35. The number of morpholine rings is 1. The van der Waals surface area contributed by atoms with Gasteiger partial charge in [0.15, 0.2) is 6.10 Å². The monoisotopic (exact) mass is 420 g/mol. The number of rotatable bonds is 3. The SMILES string of the molecule is Cc1cc(F)cn2c(C(C)(C)NC(=O)[C@@H]3CN(C(=O)OC(C)(C)C)CCO3)ncc12. The van der Waals surface area contributed by atoms with E-state index in [9.17, 15) is 14.0 Å². The minimum absolute atomic E-state index is 0.0902. The predicted octanol–water partition coefficient (Wildman–Crippen LogP) is 2.77. The maximum Gasteiger partial charge on any atom is 0.410 e. The number of nitrogens with one attached hydrogen (secondary N) is 1. The smallest absolute Gasteiger partial charge is 0.410 e. The number of hydrogen-bond donors (Lipinski definition) is 1. The van der Waals surface area contributed by atoms with Crippen molar-refractivity contribution in [1.82, 2.24) is 19.6 Å². The van der Waals surface area contributed by atoms with Crippen molar-refractivity contribution in [3.63, 3.8) is 0 Å². The molecule has 2 aromatic heterocycles. The second-order valence-electron chi connectivity index (χ2n) is 9.08. The molecule has 164 valence electrons. The summed E-state index contributed by atoms with van der Waals surface area (Å²) in [6, 6.07) is 1.44. The van der Waals surface area contributed by atoms with Crippen LogP contribution in [0.2, 0.25) is 0 Å². The Kier molecular flexibility index (Phi) is 5.77. The number of carbonyl (C=O) groups is 2. The highest BCUT2D eigenvalue weighted by Crippen LogP contribution is 2.23. The summed E-state index contributed by atoms with van der Waals surface area (Å²) in [4.78, 5) is 31.1. The zero-order valence-electron chi connectivity index (χ0n) is 18.3. The molecule has 1 N–H and O–H groups in total. The fourth-order valence-corrected chi connectivity index (χ4v) is 3.43. The van der Waals surface area contributed by atoms with Gasteiger partial charge in [-0.25, -0.2) is 14.2 Å². The number of nitrogens with zero attached hydrogens (tertiary/aromatic N) is 3. The number of ether oxygens (including phenoxy) is 2. The molecule has 3 heterocycles. The number of aromatic nitrogens is 2. The molecule has 0 spiro atoms. The third kappa shape index (κ3) is 4.72. The summed E-state index contributed by atoms with van der Waals surface area (Å²) in [5, 5.41) is 2.92. The van der Waals surface area contributed by atoms with E-state index in [2.05, 4.69) is 10.3 Å². The highest BCUT2D eigenvalue weighted by atomic mass is 19.1. The van der Waals surface area contributed by atoms with E-state index in [0.717, 1.165) is 11.1 Å². The molecular formula is C21H29FN4O4. The normalized spacial score (nSPS) is 17.8. The molecule has 2 amide bonds. The average Bonchev–Trinajstić information content (AvgIpc) is 3.05. The summed E-state index contributed by atoms with van der Waals surface area (Å²) in [7, 11) is 0. The minimum Gasteiger partial charge on any atom is -0.444 e. The number of halogens is 1. The second-order valence-corrected chi connectivity index (χ2v) is 9.08. The summed E-state index contributed by atoms with van der Waals surface area (Å²) >= 11 is 0. The number of fused-ring (bicyclic) bond motifs is 1. The first kappa shape index (κ1) is 22.0. The second kappa shape index (κ2) is 7.86. The average molecular weight is 420 g/mol. The molecule has 0 radical (unpaired) electrons. The maximum atomic E-state index is 13.9. The van der Waals surface area contributed by atoms with Crippen LogP contribution in [0.25, 0.3) is 5.52 Å². The highest BCUT2D eigenvalue weighted by Gasteiger charge is 2.35. The van der Waals surface area contributed by atoms with E-state index in [1.165, 1.54) is 17.2 Å². The van der Waals surface area contributed by atoms with Crippen molar-refractivity contribution in [2.24, 2.45) is 0 Å². The molecule has 0 saturated carbocycles. The standard InChI is InChI=1S/C21H29FN4O4/c1-13-9-14(22)11-26-15(13)10-23-18(26)21(5,6)24-17(27)16-12-25(7-8-29-16)19(28)30-20(2,3)4/h9-11,16H,7-8,12H2,1-6H3,(H,24,27)/t16-/m0/s1. The van der Waals surface area contributed by atoms with E-state index in [0.29, 0.717) is 12.4 Å². The highest BCUT2D eigenvalue weighted by molar-refractivity contribution is 5.82. The van der Waals surface area contributed by atoms with Gasteiger partial charge in [0.2, 0.25) is 0 Å². The van der Waals surface area contributed by atoms with Gasteiger partial charge in [-0.2, -0.15) is 0 Å². The lowest BCUT2D eigenvalue weighted by molar-refractivity contribution is -0.139. The van der Waals surface area contributed by atoms with Crippen molar-refractivity contribution >= 4 is 17.5 Å². The summed E-state index contributed by atoms with van der Waals surface area (Å²) in [5.41, 5.74) is -0.0100. The molecule has 0 bridgehead atoms. The molecule has 2 aromatic rings. The van der Waals surface area contributed by atoms with E-state index >= 15 is 0 Å². The summed E-state index contributed by atoms with van der Waals surface area (Å²) < 4.78 is 26.5. The fraction of sp³-hybridized carbons (Fsp3) is 0.571. The number of pyridine rings is 1. The number of carbonyl (C=O) groups excluding carboxylic acids is 2. The maximum absolute atomic E-state index is 13.9. The Bertz CT molecular complexity index is 964. The number of imidazole rings is 1. The molecule has 30 heavy (non-hydrogen) atoms. The Morgan fingerprint density at radius 3 is 2.67 bits per heavy atom. The van der Waals surface area contributed by atoms with Crippen LogP contribution >= 0.6 is 0 Å². The van der Waals surface area contributed by atoms with Crippen molar-refractivity contribution in [2.45, 2.75) is 58.8 Å². The fourth-order valence-electron chi connectivity index (χ4n) is 3.43. The first-order chi connectivity index (χ1) is 13.9. The van der Waals surface area contributed by atoms with Crippen molar-refractivity contribution in [1.29, 1.82) is 0 Å². The zero-order chi connectivity index (χ0) is 22.3. The van der Waals surface area contributed by atoms with Crippen LogP contribution in [0.15, 0.2) is 18.5 Å². The van der Waals surface area contributed by atoms with Crippen LogP contribution < -0.4 is 5.32 Å². The molecule has 9 heteroatoms. The van der Waals surface area contributed by atoms with Gasteiger partial charge in [-0.05, 0) is 53.2 Å². The Morgan fingerprint density at radius 1 is 1.30 bits per heavy atom. The van der Waals surface area contributed by atoms with Crippen LogP contribution in [0.3, 0.4) is 0 Å². The Labute approximate surface area is 175 Å². The minimum atomic E-state index is -0.901. The van der Waals surface area contributed by atoms with Gasteiger partial charge < -0.3 is 19.7 Å². The summed E-state index contributed by atoms with van der Waals surface area (Å²) in [5.74, 6) is -0.267. The van der Waals surface area contributed by atoms with Gasteiger partial charge in [-0.15, -0.1) is 0 Å². The van der Waals surface area contributed by atoms with Crippen LogP contribution in [0.5, 0.6) is 0 Å². The zero-order valence-corrected chi connectivity index (χ0v) is 18.3. The lowest BCUT2D eigenvalue weighted by Crippen LogP contribution is -2.55. The molecular weight excluding hydrogens is 391 g/mol. The van der Waals surface area contributed by atoms with E-state index in [-0.39, 0.29) is 24.9 Å². The number of amides is 2. The van der Waals surface area contributed by atoms with Crippen LogP contribution in [0.1, 0.15) is 46.0 Å². The molecule has 3 rings (SSSR count). The van der Waals surface area contributed by atoms with E-state index in [1.807, 2.05) is 0 Å². The van der Waals surface area contributed by atoms with Crippen molar-refractivity contribution < 1.29 is 23.5 Å². The van der Waals surface area contributed by atoms with Crippen LogP contribution in [-0.4, -0.2) is 57.7 Å². The Morgan fingerprint density at radius 2 is 2.00 bits per heavy atom. The molecule has 0 aromatic carbocycles. The van der Waals surface area contributed by atoms with Crippen molar-refractivity contribution in [2.75, 3.05) is 19.7 Å². The molecule has 1 aliphatic heterocycles. The van der Waals surface area contributed by atoms with Crippen molar-refractivity contribution in [3.05, 3.63) is 35.7 Å². The lowest BCUT2D eigenvalue weighted by atomic mass is 10.0. The quantitative estimate of drug-likeness (QED) is 0.825. The largest absolute Gasteiger partial charge is 0.444 e. The topological polar surface area (TPSA) is 85.2 Å². The molecule has 1 fully saturated rings. The van der Waals surface area contributed by atoms with E-state index < -0.39 is 23.3 Å². The van der Waals surface area contributed by atoms with Crippen LogP contribution in [-0.2, 0) is 19.8 Å². The van der Waals surface area contributed by atoms with Gasteiger partial charge in [0.05, 0.1) is 30.4 Å². The summed E-state index contributed by atoms with van der Waals surface area (Å²) in [6.07, 6.45) is 1.68. The number of aryl methyl sites for hydroxylation is 1. The van der Waals surface area contributed by atoms with Gasteiger partial charge in [0, 0.05) is 12.7 Å². The van der Waals surface area contributed by atoms with Gasteiger partial charge in [-0.1, -0.05) is 0 Å².